The number of benzene rings is 2. The Morgan fingerprint density at radius 2 is 1.71 bits per heavy atom. The zero-order valence-corrected chi connectivity index (χ0v) is 20.2. The summed E-state index contributed by atoms with van der Waals surface area (Å²) < 4.78 is 10.6. The molecule has 0 saturated carbocycles. The number of carbonyl (C=O) groups is 3. The number of amides is 2. The lowest BCUT2D eigenvalue weighted by Gasteiger charge is -2.20. The first kappa shape index (κ1) is 25.8. The van der Waals surface area contributed by atoms with Crippen molar-refractivity contribution in [2.45, 2.75) is 32.9 Å². The highest BCUT2D eigenvalue weighted by atomic mass is 35.5. The molecule has 0 bridgehead atoms. The van der Waals surface area contributed by atoms with Crippen molar-refractivity contribution in [3.8, 4) is 0 Å². The maximum atomic E-state index is 13.2. The molecule has 7 nitrogen and oxygen atoms in total. The molecule has 0 aliphatic rings. The highest BCUT2D eigenvalue weighted by molar-refractivity contribution is 6.30. The van der Waals surface area contributed by atoms with Gasteiger partial charge in [0, 0.05) is 5.02 Å². The Morgan fingerprint density at radius 1 is 1.00 bits per heavy atom. The van der Waals surface area contributed by atoms with E-state index in [0.717, 1.165) is 5.56 Å². The van der Waals surface area contributed by atoms with Crippen LogP contribution in [0.25, 0.3) is 6.08 Å². The zero-order chi connectivity index (χ0) is 25.2. The monoisotopic (exact) mass is 494 g/mol. The number of nitrogens with one attached hydrogen (secondary N) is 2. The first-order valence-corrected chi connectivity index (χ1v) is 11.5. The topological polar surface area (TPSA) is 97.6 Å². The van der Waals surface area contributed by atoms with Crippen LogP contribution in [-0.2, 0) is 20.9 Å². The molecule has 1 atom stereocenters. The molecule has 8 heteroatoms. The van der Waals surface area contributed by atoms with E-state index in [4.69, 9.17) is 20.8 Å². The van der Waals surface area contributed by atoms with Crippen molar-refractivity contribution in [2.75, 3.05) is 0 Å². The van der Waals surface area contributed by atoms with Crippen molar-refractivity contribution in [3.05, 3.63) is 101 Å². The second-order valence-electron chi connectivity index (χ2n) is 8.29. The number of esters is 1. The molecule has 3 rings (SSSR count). The molecule has 3 aromatic rings. The fraction of sp³-hybridized carbons (Fsp3) is 0.222. The molecular weight excluding hydrogens is 468 g/mol. The van der Waals surface area contributed by atoms with Crippen molar-refractivity contribution in [2.24, 2.45) is 5.92 Å². The summed E-state index contributed by atoms with van der Waals surface area (Å²) in [7, 11) is 0. The van der Waals surface area contributed by atoms with Crippen molar-refractivity contribution < 1.29 is 23.5 Å². The van der Waals surface area contributed by atoms with Crippen LogP contribution in [0.4, 0.5) is 0 Å². The first-order chi connectivity index (χ1) is 16.8. The van der Waals surface area contributed by atoms with Crippen molar-refractivity contribution >= 4 is 35.5 Å². The molecular formula is C27H27ClN2O5. The third kappa shape index (κ3) is 8.15. The molecule has 0 saturated heterocycles. The summed E-state index contributed by atoms with van der Waals surface area (Å²) in [6.07, 6.45) is 3.22. The van der Waals surface area contributed by atoms with Gasteiger partial charge in [0.15, 0.2) is 5.76 Å². The number of furan rings is 1. The van der Waals surface area contributed by atoms with E-state index < -0.39 is 23.8 Å². The molecule has 2 amide bonds. The zero-order valence-electron chi connectivity index (χ0n) is 19.5. The van der Waals surface area contributed by atoms with E-state index in [1.165, 1.54) is 18.4 Å². The molecule has 1 aromatic heterocycles. The van der Waals surface area contributed by atoms with Crippen LogP contribution in [0.2, 0.25) is 5.02 Å². The number of ether oxygens (including phenoxy) is 1. The van der Waals surface area contributed by atoms with Gasteiger partial charge in [-0.25, -0.2) is 4.79 Å². The van der Waals surface area contributed by atoms with Gasteiger partial charge in [0.25, 0.3) is 11.8 Å². The van der Waals surface area contributed by atoms with E-state index in [2.05, 4.69) is 10.6 Å². The van der Waals surface area contributed by atoms with Gasteiger partial charge in [-0.1, -0.05) is 67.9 Å². The standard InChI is InChI=1S/C27H27ClN2O5/c1-18(2)15-23(27(33)35-17-20-7-4-3-5-8-20)30-25(31)22(16-19-10-12-21(28)13-11-19)29-26(32)24-9-6-14-34-24/h3-14,16,18,23H,15,17H2,1-2H3,(H,29,32)(H,30,31)/b22-16+/t23-/m0/s1. The van der Waals surface area contributed by atoms with Gasteiger partial charge in [-0.3, -0.25) is 9.59 Å². The number of rotatable bonds is 10. The highest BCUT2D eigenvalue weighted by Gasteiger charge is 2.26. The number of hydrogen-bond donors (Lipinski definition) is 2. The SMILES string of the molecule is CC(C)C[C@H](NC(=O)/C(=C\c1ccc(Cl)cc1)NC(=O)c1ccco1)C(=O)OCc1ccccc1. The average molecular weight is 495 g/mol. The van der Waals surface area contributed by atoms with Crippen molar-refractivity contribution in [1.82, 2.24) is 10.6 Å². The van der Waals surface area contributed by atoms with Gasteiger partial charge in [0.2, 0.25) is 0 Å². The Kier molecular flexibility index (Phi) is 9.26. The summed E-state index contributed by atoms with van der Waals surface area (Å²) in [5, 5.41) is 5.82. The van der Waals surface area contributed by atoms with E-state index >= 15 is 0 Å². The van der Waals surface area contributed by atoms with E-state index in [-0.39, 0.29) is 24.0 Å². The summed E-state index contributed by atoms with van der Waals surface area (Å²) in [5.41, 5.74) is 1.41. The first-order valence-electron chi connectivity index (χ1n) is 11.2. The fourth-order valence-electron chi connectivity index (χ4n) is 3.23. The van der Waals surface area contributed by atoms with Crippen molar-refractivity contribution in [1.29, 1.82) is 0 Å². The van der Waals surface area contributed by atoms with Gasteiger partial charge in [-0.05, 0) is 53.8 Å². The Labute approximate surface area is 209 Å². The minimum absolute atomic E-state index is 0.0424. The van der Waals surface area contributed by atoms with Crippen molar-refractivity contribution in [3.63, 3.8) is 0 Å². The smallest absolute Gasteiger partial charge is 0.328 e. The fourth-order valence-corrected chi connectivity index (χ4v) is 3.35. The Morgan fingerprint density at radius 3 is 2.34 bits per heavy atom. The highest BCUT2D eigenvalue weighted by Crippen LogP contribution is 2.14. The summed E-state index contributed by atoms with van der Waals surface area (Å²) in [5.74, 6) is -1.65. The van der Waals surface area contributed by atoms with E-state index in [1.54, 1.807) is 30.3 Å². The van der Waals surface area contributed by atoms with Crippen LogP contribution in [0.1, 0.15) is 41.9 Å². The third-order valence-corrected chi connectivity index (χ3v) is 5.19. The molecule has 182 valence electrons. The molecule has 1 heterocycles. The molecule has 35 heavy (non-hydrogen) atoms. The average Bonchev–Trinajstić information content (AvgIpc) is 3.38. The number of carbonyl (C=O) groups excluding carboxylic acids is 3. The maximum absolute atomic E-state index is 13.2. The van der Waals surface area contributed by atoms with Crippen LogP contribution in [0.5, 0.6) is 0 Å². The normalized spacial score (nSPS) is 12.2. The number of halogens is 1. The van der Waals surface area contributed by atoms with Gasteiger partial charge in [0.1, 0.15) is 18.3 Å². The van der Waals surface area contributed by atoms with Gasteiger partial charge >= 0.3 is 5.97 Å². The summed E-state index contributed by atoms with van der Waals surface area (Å²) >= 11 is 5.96. The molecule has 2 N–H and O–H groups in total. The minimum Gasteiger partial charge on any atom is -0.459 e. The summed E-state index contributed by atoms with van der Waals surface area (Å²) in [6.45, 7) is 3.96. The van der Waals surface area contributed by atoms with E-state index in [1.807, 2.05) is 44.2 Å². The lowest BCUT2D eigenvalue weighted by molar-refractivity contribution is -0.149. The Hall–Kier alpha value is -3.84. The Bertz CT molecular complexity index is 1160. The third-order valence-electron chi connectivity index (χ3n) is 4.94. The van der Waals surface area contributed by atoms with Crippen LogP contribution in [0.15, 0.2) is 83.1 Å². The second kappa shape index (κ2) is 12.6. The lowest BCUT2D eigenvalue weighted by atomic mass is 10.0. The predicted molar refractivity (Wildman–Crippen MR) is 133 cm³/mol. The van der Waals surface area contributed by atoms with Gasteiger partial charge < -0.3 is 19.8 Å². The largest absolute Gasteiger partial charge is 0.459 e. The minimum atomic E-state index is -0.902. The van der Waals surface area contributed by atoms with Gasteiger partial charge in [-0.2, -0.15) is 0 Å². The predicted octanol–water partition coefficient (Wildman–Crippen LogP) is 4.98. The number of hydrogen-bond acceptors (Lipinski definition) is 5. The van der Waals surface area contributed by atoms with Crippen LogP contribution in [-0.4, -0.2) is 23.8 Å². The molecule has 0 radical (unpaired) electrons. The molecule has 0 spiro atoms. The van der Waals surface area contributed by atoms with Crippen LogP contribution in [0.3, 0.4) is 0 Å². The Balaban J connectivity index is 1.79. The molecule has 0 fully saturated rings. The van der Waals surface area contributed by atoms with E-state index in [9.17, 15) is 14.4 Å². The van der Waals surface area contributed by atoms with Gasteiger partial charge in [-0.15, -0.1) is 0 Å². The van der Waals surface area contributed by atoms with Crippen LogP contribution >= 0.6 is 11.6 Å². The lowest BCUT2D eigenvalue weighted by Crippen LogP contribution is -2.45. The molecule has 0 unspecified atom stereocenters. The summed E-state index contributed by atoms with van der Waals surface area (Å²) in [4.78, 5) is 38.7. The molecule has 0 aliphatic heterocycles. The van der Waals surface area contributed by atoms with Crippen LogP contribution in [0, 0.1) is 5.92 Å². The molecule has 0 aliphatic carbocycles. The molecule has 2 aromatic carbocycles. The second-order valence-corrected chi connectivity index (χ2v) is 8.73. The summed E-state index contributed by atoms with van der Waals surface area (Å²) in [6, 6.07) is 18.2. The van der Waals surface area contributed by atoms with Crippen LogP contribution < -0.4 is 10.6 Å². The quantitative estimate of drug-likeness (QED) is 0.306. The van der Waals surface area contributed by atoms with Gasteiger partial charge in [0.05, 0.1) is 6.26 Å². The maximum Gasteiger partial charge on any atom is 0.328 e. The van der Waals surface area contributed by atoms with E-state index in [0.29, 0.717) is 17.0 Å².